The van der Waals surface area contributed by atoms with Gasteiger partial charge in [0.05, 0.1) is 0 Å². The van der Waals surface area contributed by atoms with Gasteiger partial charge in [-0.15, -0.1) is 0 Å². The fourth-order valence-electron chi connectivity index (χ4n) is 2.35. The highest BCUT2D eigenvalue weighted by Crippen LogP contribution is 2.25. The van der Waals surface area contributed by atoms with E-state index >= 15 is 0 Å². The van der Waals surface area contributed by atoms with Gasteiger partial charge in [0.15, 0.2) is 0 Å². The lowest BCUT2D eigenvalue weighted by molar-refractivity contribution is 0.456. The fraction of sp³-hybridized carbons (Fsp3) is 0.294. The molecule has 106 valence electrons. The van der Waals surface area contributed by atoms with Crippen LogP contribution in [0, 0.1) is 0 Å². The first-order valence-corrected chi connectivity index (χ1v) is 8.04. The maximum atomic E-state index is 6.09. The van der Waals surface area contributed by atoms with E-state index in [4.69, 9.17) is 11.6 Å². The van der Waals surface area contributed by atoms with Crippen LogP contribution < -0.4 is 5.32 Å². The van der Waals surface area contributed by atoms with Gasteiger partial charge >= 0.3 is 0 Å². The molecule has 1 nitrogen and oxygen atoms in total. The van der Waals surface area contributed by atoms with Gasteiger partial charge in [-0.3, -0.25) is 0 Å². The first-order valence-electron chi connectivity index (χ1n) is 6.87. The summed E-state index contributed by atoms with van der Waals surface area (Å²) in [5.74, 6) is 0. The van der Waals surface area contributed by atoms with Gasteiger partial charge in [0.1, 0.15) is 0 Å². The standard InChI is InChI=1S/C17H19BrClN/c1-3-17(14-7-5-9-16(19)11-14)20-12(2)13-6-4-8-15(18)10-13/h4-12,17,20H,3H2,1-2H3/t12-,17?/m0/s1. The summed E-state index contributed by atoms with van der Waals surface area (Å²) in [7, 11) is 0. The Morgan fingerprint density at radius 3 is 2.45 bits per heavy atom. The summed E-state index contributed by atoms with van der Waals surface area (Å²) in [6.45, 7) is 4.38. The van der Waals surface area contributed by atoms with Crippen molar-refractivity contribution in [2.24, 2.45) is 0 Å². The quantitative estimate of drug-likeness (QED) is 0.706. The van der Waals surface area contributed by atoms with Gasteiger partial charge in [-0.05, 0) is 48.7 Å². The molecular formula is C17H19BrClN. The molecule has 0 aliphatic rings. The lowest BCUT2D eigenvalue weighted by atomic mass is 10.0. The maximum absolute atomic E-state index is 6.09. The first kappa shape index (κ1) is 15.6. The molecule has 1 unspecified atom stereocenters. The van der Waals surface area contributed by atoms with Crippen molar-refractivity contribution in [2.45, 2.75) is 32.4 Å². The summed E-state index contributed by atoms with van der Waals surface area (Å²) >= 11 is 9.61. The SMILES string of the molecule is CCC(N[C@@H](C)c1cccc(Br)c1)c1cccc(Cl)c1. The van der Waals surface area contributed by atoms with Crippen molar-refractivity contribution in [2.75, 3.05) is 0 Å². The normalized spacial score (nSPS) is 14.0. The topological polar surface area (TPSA) is 12.0 Å². The highest BCUT2D eigenvalue weighted by molar-refractivity contribution is 9.10. The van der Waals surface area contributed by atoms with Crippen LogP contribution in [0.5, 0.6) is 0 Å². The highest BCUT2D eigenvalue weighted by atomic mass is 79.9. The van der Waals surface area contributed by atoms with Crippen LogP contribution in [0.1, 0.15) is 43.5 Å². The number of rotatable bonds is 5. The van der Waals surface area contributed by atoms with E-state index in [9.17, 15) is 0 Å². The van der Waals surface area contributed by atoms with Gasteiger partial charge in [-0.25, -0.2) is 0 Å². The number of benzene rings is 2. The lowest BCUT2D eigenvalue weighted by Crippen LogP contribution is -2.24. The minimum absolute atomic E-state index is 0.288. The molecule has 2 atom stereocenters. The van der Waals surface area contributed by atoms with Crippen molar-refractivity contribution in [3.63, 3.8) is 0 Å². The minimum atomic E-state index is 0.288. The van der Waals surface area contributed by atoms with Crippen LogP contribution in [0.25, 0.3) is 0 Å². The second-order valence-electron chi connectivity index (χ2n) is 4.96. The Balaban J connectivity index is 2.14. The van der Waals surface area contributed by atoms with Gasteiger partial charge in [-0.1, -0.05) is 58.7 Å². The monoisotopic (exact) mass is 351 g/mol. The average Bonchev–Trinajstić information content (AvgIpc) is 2.44. The summed E-state index contributed by atoms with van der Waals surface area (Å²) in [4.78, 5) is 0. The molecular weight excluding hydrogens is 334 g/mol. The van der Waals surface area contributed by atoms with Crippen molar-refractivity contribution in [3.05, 3.63) is 69.2 Å². The average molecular weight is 353 g/mol. The molecule has 20 heavy (non-hydrogen) atoms. The predicted molar refractivity (Wildman–Crippen MR) is 90.2 cm³/mol. The van der Waals surface area contributed by atoms with Crippen LogP contribution in [-0.2, 0) is 0 Å². The van der Waals surface area contributed by atoms with Crippen LogP contribution in [0.4, 0.5) is 0 Å². The number of nitrogens with one attached hydrogen (secondary N) is 1. The molecule has 3 heteroatoms. The molecule has 0 aliphatic heterocycles. The molecule has 0 fully saturated rings. The summed E-state index contributed by atoms with van der Waals surface area (Å²) in [5.41, 5.74) is 2.52. The Labute approximate surface area is 134 Å². The molecule has 0 bridgehead atoms. The van der Waals surface area contributed by atoms with Gasteiger partial charge < -0.3 is 5.32 Å². The zero-order valence-corrected chi connectivity index (χ0v) is 14.1. The van der Waals surface area contributed by atoms with E-state index in [0.29, 0.717) is 6.04 Å². The Kier molecular flexibility index (Phi) is 5.64. The molecule has 0 aliphatic carbocycles. The van der Waals surface area contributed by atoms with Crippen molar-refractivity contribution in [1.82, 2.24) is 5.32 Å². The smallest absolute Gasteiger partial charge is 0.0409 e. The van der Waals surface area contributed by atoms with Gasteiger partial charge in [0.25, 0.3) is 0 Å². The minimum Gasteiger partial charge on any atom is -0.303 e. The third-order valence-corrected chi connectivity index (χ3v) is 4.19. The molecule has 0 heterocycles. The van der Waals surface area contributed by atoms with Crippen LogP contribution in [0.3, 0.4) is 0 Å². The molecule has 0 saturated heterocycles. The second-order valence-corrected chi connectivity index (χ2v) is 6.31. The third kappa shape index (κ3) is 4.08. The fourth-order valence-corrected chi connectivity index (χ4v) is 2.96. The molecule has 0 aromatic heterocycles. The van der Waals surface area contributed by atoms with Crippen molar-refractivity contribution in [1.29, 1.82) is 0 Å². The van der Waals surface area contributed by atoms with Gasteiger partial charge in [0, 0.05) is 21.6 Å². The first-order chi connectivity index (χ1) is 9.60. The van der Waals surface area contributed by atoms with Crippen molar-refractivity contribution >= 4 is 27.5 Å². The summed E-state index contributed by atoms with van der Waals surface area (Å²) in [6.07, 6.45) is 1.03. The van der Waals surface area contributed by atoms with Crippen molar-refractivity contribution in [3.8, 4) is 0 Å². The Bertz CT molecular complexity index is 570. The third-order valence-electron chi connectivity index (χ3n) is 3.46. The predicted octanol–water partition coefficient (Wildman–Crippen LogP) is 5.90. The highest BCUT2D eigenvalue weighted by Gasteiger charge is 2.14. The van der Waals surface area contributed by atoms with E-state index in [0.717, 1.165) is 15.9 Å². The molecule has 1 N–H and O–H groups in total. The van der Waals surface area contributed by atoms with E-state index in [1.54, 1.807) is 0 Å². The van der Waals surface area contributed by atoms with E-state index in [1.165, 1.54) is 11.1 Å². The van der Waals surface area contributed by atoms with Crippen LogP contribution in [0.15, 0.2) is 53.0 Å². The van der Waals surface area contributed by atoms with Crippen LogP contribution in [0.2, 0.25) is 5.02 Å². The largest absolute Gasteiger partial charge is 0.303 e. The number of hydrogen-bond acceptors (Lipinski definition) is 1. The van der Waals surface area contributed by atoms with Gasteiger partial charge in [-0.2, -0.15) is 0 Å². The van der Waals surface area contributed by atoms with E-state index in [1.807, 2.05) is 24.3 Å². The summed E-state index contributed by atoms with van der Waals surface area (Å²) in [5, 5.41) is 4.46. The summed E-state index contributed by atoms with van der Waals surface area (Å²) in [6, 6.07) is 17.1. The van der Waals surface area contributed by atoms with E-state index in [-0.39, 0.29) is 6.04 Å². The molecule has 2 aromatic rings. The van der Waals surface area contributed by atoms with E-state index < -0.39 is 0 Å². The number of halogens is 2. The zero-order chi connectivity index (χ0) is 14.5. The summed E-state index contributed by atoms with van der Waals surface area (Å²) < 4.78 is 1.11. The molecule has 0 amide bonds. The van der Waals surface area contributed by atoms with E-state index in [2.05, 4.69) is 59.4 Å². The molecule has 2 rings (SSSR count). The van der Waals surface area contributed by atoms with Crippen molar-refractivity contribution < 1.29 is 0 Å². The zero-order valence-electron chi connectivity index (χ0n) is 11.7. The Hall–Kier alpha value is -0.830. The van der Waals surface area contributed by atoms with Crippen LogP contribution in [-0.4, -0.2) is 0 Å². The molecule has 0 saturated carbocycles. The molecule has 0 spiro atoms. The lowest BCUT2D eigenvalue weighted by Gasteiger charge is -2.23. The van der Waals surface area contributed by atoms with Gasteiger partial charge in [0.2, 0.25) is 0 Å². The Morgan fingerprint density at radius 2 is 1.80 bits per heavy atom. The molecule has 0 radical (unpaired) electrons. The second kappa shape index (κ2) is 7.26. The maximum Gasteiger partial charge on any atom is 0.0409 e. The van der Waals surface area contributed by atoms with Crippen LogP contribution >= 0.6 is 27.5 Å². The Morgan fingerprint density at radius 1 is 1.10 bits per heavy atom. The molecule has 2 aromatic carbocycles. The number of hydrogen-bond donors (Lipinski definition) is 1.